The van der Waals surface area contributed by atoms with Crippen LogP contribution in [0.15, 0.2) is 18.2 Å². The Hall–Kier alpha value is -1.95. The lowest BCUT2D eigenvalue weighted by molar-refractivity contribution is -0.167. The van der Waals surface area contributed by atoms with E-state index < -0.39 is 5.60 Å². The molecule has 1 aromatic carbocycles. The van der Waals surface area contributed by atoms with Crippen LogP contribution in [0.4, 0.5) is 0 Å². The Bertz CT molecular complexity index is 806. The van der Waals surface area contributed by atoms with E-state index in [9.17, 15) is 4.79 Å². The van der Waals surface area contributed by atoms with Crippen molar-refractivity contribution in [1.82, 2.24) is 0 Å². The lowest BCUT2D eigenvalue weighted by atomic mass is 9.50. The minimum atomic E-state index is -0.747. The van der Waals surface area contributed by atoms with Gasteiger partial charge in [0, 0.05) is 12.3 Å². The molecular formula is C24H30O3. The smallest absolute Gasteiger partial charge is 0.304 e. The molecule has 6 unspecified atom stereocenters. The molecule has 0 aromatic heterocycles. The van der Waals surface area contributed by atoms with E-state index in [-0.39, 0.29) is 11.4 Å². The monoisotopic (exact) mass is 366 g/mol. The number of hydrogen-bond acceptors (Lipinski definition) is 3. The molecule has 3 heteroatoms. The molecule has 0 saturated heterocycles. The van der Waals surface area contributed by atoms with Crippen molar-refractivity contribution in [2.75, 3.05) is 7.11 Å². The number of ether oxygens (including phenoxy) is 2. The van der Waals surface area contributed by atoms with Gasteiger partial charge in [0.2, 0.25) is 0 Å². The van der Waals surface area contributed by atoms with Crippen molar-refractivity contribution in [3.63, 3.8) is 0 Å². The molecule has 3 aliphatic rings. The number of carbonyl (C=O) groups is 1. The Labute approximate surface area is 162 Å². The average molecular weight is 367 g/mol. The highest BCUT2D eigenvalue weighted by atomic mass is 16.6. The van der Waals surface area contributed by atoms with Crippen molar-refractivity contribution < 1.29 is 14.3 Å². The van der Waals surface area contributed by atoms with Gasteiger partial charge < -0.3 is 9.47 Å². The van der Waals surface area contributed by atoms with E-state index in [0.717, 1.165) is 31.4 Å². The van der Waals surface area contributed by atoms with Gasteiger partial charge in [0.05, 0.1) is 7.11 Å². The van der Waals surface area contributed by atoms with Gasteiger partial charge >= 0.3 is 5.97 Å². The fourth-order valence-electron chi connectivity index (χ4n) is 6.90. The summed E-state index contributed by atoms with van der Waals surface area (Å²) in [4.78, 5) is 11.8. The van der Waals surface area contributed by atoms with Crippen LogP contribution in [0.3, 0.4) is 0 Å². The fraction of sp³-hybridized carbons (Fsp3) is 0.625. The zero-order chi connectivity index (χ0) is 19.4. The molecule has 0 spiro atoms. The quantitative estimate of drug-likeness (QED) is 0.561. The van der Waals surface area contributed by atoms with Gasteiger partial charge in [-0.3, -0.25) is 4.79 Å². The first-order valence-corrected chi connectivity index (χ1v) is 10.2. The zero-order valence-electron chi connectivity index (χ0n) is 16.9. The van der Waals surface area contributed by atoms with Crippen LogP contribution in [0.1, 0.15) is 63.5 Å². The average Bonchev–Trinajstić information content (AvgIpc) is 2.92. The Morgan fingerprint density at radius 2 is 2.11 bits per heavy atom. The number of esters is 1. The molecule has 0 radical (unpaired) electrons. The maximum absolute atomic E-state index is 11.8. The molecule has 0 bridgehead atoms. The molecular weight excluding hydrogens is 336 g/mol. The summed E-state index contributed by atoms with van der Waals surface area (Å²) in [6.07, 6.45) is 11.1. The highest BCUT2D eigenvalue weighted by molar-refractivity contribution is 5.67. The zero-order valence-corrected chi connectivity index (χ0v) is 16.9. The second kappa shape index (κ2) is 6.30. The van der Waals surface area contributed by atoms with Crippen molar-refractivity contribution in [2.24, 2.45) is 23.2 Å². The van der Waals surface area contributed by atoms with Crippen LogP contribution in [0.5, 0.6) is 5.75 Å². The van der Waals surface area contributed by atoms with Crippen LogP contribution in [-0.4, -0.2) is 18.7 Å². The van der Waals surface area contributed by atoms with Crippen LogP contribution < -0.4 is 4.74 Å². The molecule has 0 amide bonds. The maximum Gasteiger partial charge on any atom is 0.304 e. The molecule has 3 aliphatic carbocycles. The van der Waals surface area contributed by atoms with Crippen molar-refractivity contribution in [3.8, 4) is 18.1 Å². The van der Waals surface area contributed by atoms with Crippen molar-refractivity contribution in [3.05, 3.63) is 29.3 Å². The standard InChI is InChI=1S/C24H30O3/c1-6-24(27-16(3)25)12-11-21-20-9-7-17-13-18(26-5)8-10-19(17)22(20)15(2)14-23(21,24)4/h1,8,10,13,15,20-22H,7,9,11-12,14H2,2-5H3. The van der Waals surface area contributed by atoms with Gasteiger partial charge in [-0.1, -0.05) is 25.8 Å². The number of methoxy groups -OCH3 is 1. The first-order valence-electron chi connectivity index (χ1n) is 10.2. The van der Waals surface area contributed by atoms with Crippen LogP contribution in [0, 0.1) is 35.5 Å². The Morgan fingerprint density at radius 3 is 2.78 bits per heavy atom. The van der Waals surface area contributed by atoms with Crippen LogP contribution >= 0.6 is 0 Å². The highest BCUT2D eigenvalue weighted by Gasteiger charge is 2.65. The van der Waals surface area contributed by atoms with E-state index in [1.165, 1.54) is 24.5 Å². The Balaban J connectivity index is 1.73. The Morgan fingerprint density at radius 1 is 1.33 bits per heavy atom. The second-order valence-electron chi connectivity index (χ2n) is 9.10. The summed E-state index contributed by atoms with van der Waals surface area (Å²) in [5, 5.41) is 0. The van der Waals surface area contributed by atoms with E-state index in [1.54, 1.807) is 7.11 Å². The minimum Gasteiger partial charge on any atom is -0.497 e. The third-order valence-corrected chi connectivity index (χ3v) is 7.89. The molecule has 1 aromatic rings. The number of benzene rings is 1. The summed E-state index contributed by atoms with van der Waals surface area (Å²) in [5.41, 5.74) is 2.04. The molecule has 27 heavy (non-hydrogen) atoms. The second-order valence-corrected chi connectivity index (χ2v) is 9.10. The van der Waals surface area contributed by atoms with Gasteiger partial charge in [-0.15, -0.1) is 6.42 Å². The van der Waals surface area contributed by atoms with E-state index >= 15 is 0 Å². The van der Waals surface area contributed by atoms with Crippen LogP contribution in [0.2, 0.25) is 0 Å². The number of rotatable bonds is 2. The number of fused-ring (bicyclic) bond motifs is 5. The van der Waals surface area contributed by atoms with E-state index in [1.807, 2.05) is 0 Å². The molecule has 2 fully saturated rings. The first kappa shape index (κ1) is 18.4. The van der Waals surface area contributed by atoms with E-state index in [0.29, 0.717) is 23.7 Å². The number of carbonyl (C=O) groups excluding carboxylic acids is 1. The molecule has 3 nitrogen and oxygen atoms in total. The summed E-state index contributed by atoms with van der Waals surface area (Å²) in [6, 6.07) is 6.59. The van der Waals surface area contributed by atoms with Crippen molar-refractivity contribution in [2.45, 2.75) is 64.4 Å². The number of hydrogen-bond donors (Lipinski definition) is 0. The van der Waals surface area contributed by atoms with E-state index in [2.05, 4.69) is 38.0 Å². The topological polar surface area (TPSA) is 35.5 Å². The molecule has 0 aliphatic heterocycles. The lowest BCUT2D eigenvalue weighted by Crippen LogP contribution is -2.54. The first-order chi connectivity index (χ1) is 12.8. The van der Waals surface area contributed by atoms with Crippen LogP contribution in [0.25, 0.3) is 0 Å². The summed E-state index contributed by atoms with van der Waals surface area (Å²) < 4.78 is 11.3. The van der Waals surface area contributed by atoms with Crippen molar-refractivity contribution >= 4 is 5.97 Å². The molecule has 0 heterocycles. The number of aryl methyl sites for hydroxylation is 1. The minimum absolute atomic E-state index is 0.141. The predicted molar refractivity (Wildman–Crippen MR) is 105 cm³/mol. The summed E-state index contributed by atoms with van der Waals surface area (Å²) in [5.74, 6) is 5.80. The molecule has 0 N–H and O–H groups in total. The molecule has 6 atom stereocenters. The van der Waals surface area contributed by atoms with Gasteiger partial charge in [0.1, 0.15) is 5.75 Å². The molecule has 4 rings (SSSR count). The van der Waals surface area contributed by atoms with Crippen molar-refractivity contribution in [1.29, 1.82) is 0 Å². The van der Waals surface area contributed by atoms with Gasteiger partial charge in [-0.05, 0) is 79.0 Å². The molecule has 2 saturated carbocycles. The third-order valence-electron chi connectivity index (χ3n) is 7.89. The predicted octanol–water partition coefficient (Wildman–Crippen LogP) is 4.73. The number of terminal acetylenes is 1. The summed E-state index contributed by atoms with van der Waals surface area (Å²) >= 11 is 0. The highest BCUT2D eigenvalue weighted by Crippen LogP contribution is 2.66. The lowest BCUT2D eigenvalue weighted by Gasteiger charge is -2.55. The SMILES string of the molecule is C#CC1(OC(C)=O)CCC2C3CCc4cc(OC)ccc4C3C(C)CC21C. The summed E-state index contributed by atoms with van der Waals surface area (Å²) in [7, 11) is 1.73. The van der Waals surface area contributed by atoms with Gasteiger partial charge in [-0.25, -0.2) is 0 Å². The van der Waals surface area contributed by atoms with Gasteiger partial charge in [0.15, 0.2) is 5.60 Å². The van der Waals surface area contributed by atoms with Gasteiger partial charge in [-0.2, -0.15) is 0 Å². The Kier molecular flexibility index (Phi) is 4.29. The maximum atomic E-state index is 11.8. The molecule has 144 valence electrons. The summed E-state index contributed by atoms with van der Waals surface area (Å²) in [6.45, 7) is 6.12. The third kappa shape index (κ3) is 2.53. The van der Waals surface area contributed by atoms with Gasteiger partial charge in [0.25, 0.3) is 0 Å². The van der Waals surface area contributed by atoms with E-state index in [4.69, 9.17) is 15.9 Å². The largest absolute Gasteiger partial charge is 0.497 e. The normalized spacial score (nSPS) is 39.5. The van der Waals surface area contributed by atoms with Crippen LogP contribution in [-0.2, 0) is 16.0 Å². The fourth-order valence-corrected chi connectivity index (χ4v) is 6.90.